The molecule has 7 nitrogen and oxygen atoms in total. The maximum Gasteiger partial charge on any atom is 0.397 e. The van der Waals surface area contributed by atoms with Crippen LogP contribution in [0.5, 0.6) is 5.75 Å². The van der Waals surface area contributed by atoms with Gasteiger partial charge >= 0.3 is 20.5 Å². The minimum Gasteiger partial charge on any atom is -0.469 e. The first-order chi connectivity index (χ1) is 33.8. The van der Waals surface area contributed by atoms with Gasteiger partial charge in [-0.3, -0.25) is 14.1 Å². The summed E-state index contributed by atoms with van der Waals surface area (Å²) in [6.07, 6.45) is 29.7. The highest BCUT2D eigenvalue weighted by Gasteiger charge is 2.59. The summed E-state index contributed by atoms with van der Waals surface area (Å²) in [6, 6.07) is 14.3. The molecule has 0 aliphatic heterocycles. The highest BCUT2D eigenvalue weighted by atomic mass is 35.5. The van der Waals surface area contributed by atoms with Gasteiger partial charge in [0.2, 0.25) is 0 Å². The van der Waals surface area contributed by atoms with Crippen LogP contribution in [0, 0.1) is 57.2 Å². The van der Waals surface area contributed by atoms with Gasteiger partial charge in [-0.05, 0) is 186 Å². The lowest BCUT2D eigenvalue weighted by Crippen LogP contribution is -2.50. The maximum absolute atomic E-state index is 12.5. The lowest BCUT2D eigenvalue weighted by molar-refractivity contribution is -0.151. The number of esters is 2. The molecule has 9 heteroatoms. The van der Waals surface area contributed by atoms with Gasteiger partial charge in [0.05, 0.1) is 42.8 Å². The summed E-state index contributed by atoms with van der Waals surface area (Å²) in [5, 5.41) is 0.587. The standard InChI is InChI=1S/C62H96ClO7P/c1-44(2)24-23-25-45(3)52-31-32-53-51-30-29-49-41-50(33-35-61(49,8)54(51)34-36-62(52,53)9)69-71(70-56-28-21-20-27-55(56)63)68-37-22-18-16-14-12-13-15-17-19-26-46-38-47(42-59(4,5)57(64)66-10)40-48(39-46)43-60(6,7)58(65)67-11/h20-21,27-29,38-40,44-45,50-54H,12-19,22-26,30-37,41-43H2,1-11H3. The van der Waals surface area contributed by atoms with Gasteiger partial charge in [0.25, 0.3) is 0 Å². The van der Waals surface area contributed by atoms with E-state index in [1.807, 2.05) is 52.0 Å². The fraction of sp³-hybridized carbons (Fsp3) is 0.742. The van der Waals surface area contributed by atoms with Crippen molar-refractivity contribution in [1.29, 1.82) is 0 Å². The molecule has 398 valence electrons. The number of benzene rings is 2. The van der Waals surface area contributed by atoms with Gasteiger partial charge in [-0.1, -0.05) is 152 Å². The minimum absolute atomic E-state index is 0.0920. The first-order valence-corrected chi connectivity index (χ1v) is 29.8. The largest absolute Gasteiger partial charge is 0.469 e. The minimum atomic E-state index is -1.59. The van der Waals surface area contributed by atoms with Crippen molar-refractivity contribution in [1.82, 2.24) is 0 Å². The van der Waals surface area contributed by atoms with Crippen LogP contribution in [-0.4, -0.2) is 38.9 Å². The Morgan fingerprint density at radius 3 is 1.96 bits per heavy atom. The fourth-order valence-electron chi connectivity index (χ4n) is 14.3. The summed E-state index contributed by atoms with van der Waals surface area (Å²) in [5.41, 5.74) is 4.60. The summed E-state index contributed by atoms with van der Waals surface area (Å²) in [4.78, 5) is 25.1. The van der Waals surface area contributed by atoms with E-state index < -0.39 is 19.4 Å². The lowest BCUT2D eigenvalue weighted by atomic mass is 9.47. The van der Waals surface area contributed by atoms with Gasteiger partial charge in [0, 0.05) is 0 Å². The molecular formula is C62H96ClO7P. The Balaban J connectivity index is 0.925. The van der Waals surface area contributed by atoms with Crippen LogP contribution in [0.25, 0.3) is 0 Å². The number of carbonyl (C=O) groups is 2. The first kappa shape index (κ1) is 57.8. The SMILES string of the molecule is COC(=O)C(C)(C)Cc1cc(CCCCCCCCCCCOP(Oc2ccccc2Cl)OC2CCC3(C)C(=CCC4C3CCC3(C)C(C(C)CCCC(C)C)CCC43)C2)cc(CC(C)(C)C(=O)OC)c1. The molecule has 71 heavy (non-hydrogen) atoms. The number of hydrogen-bond acceptors (Lipinski definition) is 7. The number of halogens is 1. The number of allylic oxidation sites excluding steroid dienone is 1. The van der Waals surface area contributed by atoms with Crippen molar-refractivity contribution in [3.8, 4) is 5.75 Å². The predicted octanol–water partition coefficient (Wildman–Crippen LogP) is 17.6. The normalized spacial score (nSPS) is 26.2. The van der Waals surface area contributed by atoms with Crippen LogP contribution in [0.3, 0.4) is 0 Å². The molecule has 0 aromatic heterocycles. The van der Waals surface area contributed by atoms with Gasteiger partial charge in [0.1, 0.15) is 5.75 Å². The maximum atomic E-state index is 12.5. The van der Waals surface area contributed by atoms with E-state index in [9.17, 15) is 9.59 Å². The zero-order valence-corrected chi connectivity index (χ0v) is 48.0. The summed E-state index contributed by atoms with van der Waals surface area (Å²) in [6.45, 7) is 21.0. The van der Waals surface area contributed by atoms with Crippen molar-refractivity contribution in [2.24, 2.45) is 57.2 Å². The van der Waals surface area contributed by atoms with Gasteiger partial charge in [-0.2, -0.15) is 0 Å². The Bertz CT molecular complexity index is 2000. The van der Waals surface area contributed by atoms with Crippen molar-refractivity contribution in [2.45, 2.75) is 216 Å². The van der Waals surface area contributed by atoms with Crippen LogP contribution in [-0.2, 0) is 47.4 Å². The Morgan fingerprint density at radius 1 is 0.732 bits per heavy atom. The Kier molecular flexibility index (Phi) is 21.5. The lowest BCUT2D eigenvalue weighted by Gasteiger charge is -2.58. The fourth-order valence-corrected chi connectivity index (χ4v) is 15.7. The molecule has 9 atom stereocenters. The third kappa shape index (κ3) is 15.3. The van der Waals surface area contributed by atoms with Gasteiger partial charge < -0.3 is 18.5 Å². The molecule has 3 fully saturated rings. The molecule has 0 spiro atoms. The Labute approximate surface area is 438 Å². The topological polar surface area (TPSA) is 80.3 Å². The van der Waals surface area contributed by atoms with Crippen LogP contribution in [0.1, 0.15) is 207 Å². The molecular weight excluding hydrogens is 923 g/mol. The Morgan fingerprint density at radius 2 is 1.34 bits per heavy atom. The number of carbonyl (C=O) groups excluding carboxylic acids is 2. The first-order valence-electron chi connectivity index (χ1n) is 28.3. The number of hydrogen-bond donors (Lipinski definition) is 0. The zero-order valence-electron chi connectivity index (χ0n) is 46.3. The second-order valence-electron chi connectivity index (χ2n) is 25.0. The van der Waals surface area contributed by atoms with Crippen LogP contribution in [0.15, 0.2) is 54.1 Å². The molecule has 0 bridgehead atoms. The van der Waals surface area contributed by atoms with E-state index in [1.165, 1.54) is 116 Å². The molecule has 2 aromatic rings. The number of aryl methyl sites for hydroxylation is 1. The molecule has 0 amide bonds. The molecule has 0 saturated heterocycles. The predicted molar refractivity (Wildman–Crippen MR) is 294 cm³/mol. The van der Waals surface area contributed by atoms with Crippen molar-refractivity contribution in [2.75, 3.05) is 20.8 Å². The van der Waals surface area contributed by atoms with Gasteiger partial charge in [-0.15, -0.1) is 0 Å². The van der Waals surface area contributed by atoms with E-state index >= 15 is 0 Å². The average molecular weight is 1020 g/mol. The van der Waals surface area contributed by atoms with Crippen LogP contribution < -0.4 is 4.52 Å². The van der Waals surface area contributed by atoms with E-state index in [-0.39, 0.29) is 23.5 Å². The third-order valence-corrected chi connectivity index (χ3v) is 19.7. The summed E-state index contributed by atoms with van der Waals surface area (Å²) in [5.74, 6) is 5.23. The molecule has 4 aliphatic rings. The second-order valence-corrected chi connectivity index (χ2v) is 26.5. The summed E-state index contributed by atoms with van der Waals surface area (Å²) in [7, 11) is 1.30. The van der Waals surface area contributed by atoms with E-state index in [0.29, 0.717) is 35.6 Å². The molecule has 2 aromatic carbocycles. The molecule has 4 aliphatic carbocycles. The van der Waals surface area contributed by atoms with E-state index in [1.54, 1.807) is 5.57 Å². The van der Waals surface area contributed by atoms with Crippen molar-refractivity contribution in [3.05, 3.63) is 75.8 Å². The number of fused-ring (bicyclic) bond motifs is 5. The van der Waals surface area contributed by atoms with Crippen LogP contribution >= 0.6 is 20.2 Å². The molecule has 0 N–H and O–H groups in total. The van der Waals surface area contributed by atoms with E-state index in [4.69, 9.17) is 34.6 Å². The molecule has 9 unspecified atom stereocenters. The van der Waals surface area contributed by atoms with Crippen LogP contribution in [0.4, 0.5) is 0 Å². The summed E-state index contributed by atoms with van der Waals surface area (Å²) >= 11 is 6.61. The quantitative estimate of drug-likeness (QED) is 0.0363. The Hall–Kier alpha value is -2.44. The van der Waals surface area contributed by atoms with Crippen molar-refractivity contribution < 1.29 is 32.6 Å². The molecule has 3 saturated carbocycles. The third-order valence-electron chi connectivity index (χ3n) is 18.2. The van der Waals surface area contributed by atoms with Gasteiger partial charge in [0.15, 0.2) is 0 Å². The number of para-hydroxylation sites is 1. The highest BCUT2D eigenvalue weighted by molar-refractivity contribution is 7.42. The van der Waals surface area contributed by atoms with Crippen molar-refractivity contribution in [3.63, 3.8) is 0 Å². The number of methoxy groups -OCH3 is 2. The zero-order chi connectivity index (χ0) is 51.4. The highest BCUT2D eigenvalue weighted by Crippen LogP contribution is 2.68. The summed E-state index contributed by atoms with van der Waals surface area (Å²) < 4.78 is 30.0. The van der Waals surface area contributed by atoms with E-state index in [0.717, 1.165) is 85.2 Å². The van der Waals surface area contributed by atoms with Crippen LogP contribution in [0.2, 0.25) is 5.02 Å². The van der Waals surface area contributed by atoms with E-state index in [2.05, 4.69) is 58.9 Å². The number of ether oxygens (including phenoxy) is 2. The molecule has 6 rings (SSSR count). The van der Waals surface area contributed by atoms with Crippen molar-refractivity contribution >= 4 is 32.1 Å². The smallest absolute Gasteiger partial charge is 0.397 e. The monoisotopic (exact) mass is 1020 g/mol. The molecule has 0 heterocycles. The van der Waals surface area contributed by atoms with Gasteiger partial charge in [-0.25, -0.2) is 0 Å². The number of rotatable bonds is 28. The second kappa shape index (κ2) is 26.4. The number of unbranched alkanes of at least 4 members (excludes halogenated alkanes) is 8. The molecule has 0 radical (unpaired) electrons. The average Bonchev–Trinajstić information content (AvgIpc) is 3.68.